The Hall–Kier alpha value is -1.86. The van der Waals surface area contributed by atoms with Crippen LogP contribution in [0.2, 0.25) is 0 Å². The van der Waals surface area contributed by atoms with Crippen molar-refractivity contribution in [3.05, 3.63) is 52.2 Å². The summed E-state index contributed by atoms with van der Waals surface area (Å²) in [6, 6.07) is 10.6. The lowest BCUT2D eigenvalue weighted by atomic mass is 10.0. The van der Waals surface area contributed by atoms with Gasteiger partial charge in [0.05, 0.1) is 4.90 Å². The SMILES string of the molecule is CC(C)c1ccc(S(=O)(=O)[C@H](CNC(=O)N2CCCCC2)c2cccs2)cc1. The highest BCUT2D eigenvalue weighted by Crippen LogP contribution is 2.32. The van der Waals surface area contributed by atoms with Crippen LogP contribution in [0.4, 0.5) is 4.79 Å². The summed E-state index contributed by atoms with van der Waals surface area (Å²) < 4.78 is 26.7. The monoisotopic (exact) mass is 420 g/mol. The smallest absolute Gasteiger partial charge is 0.317 e. The third-order valence-electron chi connectivity index (χ3n) is 5.19. The van der Waals surface area contributed by atoms with E-state index in [2.05, 4.69) is 19.2 Å². The number of piperidine rings is 1. The van der Waals surface area contributed by atoms with Crippen LogP contribution in [-0.4, -0.2) is 39.0 Å². The number of carbonyl (C=O) groups is 1. The Labute approximate surface area is 171 Å². The van der Waals surface area contributed by atoms with E-state index in [9.17, 15) is 13.2 Å². The molecule has 1 aliphatic heterocycles. The van der Waals surface area contributed by atoms with Crippen molar-refractivity contribution < 1.29 is 13.2 Å². The topological polar surface area (TPSA) is 66.5 Å². The van der Waals surface area contributed by atoms with E-state index in [4.69, 9.17) is 0 Å². The van der Waals surface area contributed by atoms with Crippen molar-refractivity contribution in [3.8, 4) is 0 Å². The number of nitrogens with one attached hydrogen (secondary N) is 1. The summed E-state index contributed by atoms with van der Waals surface area (Å²) in [5.41, 5.74) is 1.10. The quantitative estimate of drug-likeness (QED) is 0.744. The van der Waals surface area contributed by atoms with E-state index in [-0.39, 0.29) is 12.6 Å². The lowest BCUT2D eigenvalue weighted by Crippen LogP contribution is -2.44. The number of carbonyl (C=O) groups excluding carboxylic acids is 1. The summed E-state index contributed by atoms with van der Waals surface area (Å²) in [5.74, 6) is 0.341. The number of urea groups is 1. The molecule has 1 aliphatic rings. The molecule has 7 heteroatoms. The van der Waals surface area contributed by atoms with E-state index < -0.39 is 15.1 Å². The molecular weight excluding hydrogens is 392 g/mol. The van der Waals surface area contributed by atoms with Gasteiger partial charge in [-0.1, -0.05) is 32.0 Å². The summed E-state index contributed by atoms with van der Waals surface area (Å²) >= 11 is 1.40. The molecule has 1 atom stereocenters. The largest absolute Gasteiger partial charge is 0.336 e. The molecule has 5 nitrogen and oxygen atoms in total. The molecule has 1 saturated heterocycles. The van der Waals surface area contributed by atoms with Crippen LogP contribution in [0.3, 0.4) is 0 Å². The number of hydrogen-bond acceptors (Lipinski definition) is 4. The summed E-state index contributed by atoms with van der Waals surface area (Å²) in [6.45, 7) is 5.70. The number of hydrogen-bond donors (Lipinski definition) is 1. The normalized spacial score (nSPS) is 16.2. The number of amides is 2. The van der Waals surface area contributed by atoms with Crippen molar-refractivity contribution in [3.63, 3.8) is 0 Å². The van der Waals surface area contributed by atoms with Crippen LogP contribution in [0.15, 0.2) is 46.7 Å². The van der Waals surface area contributed by atoms with Gasteiger partial charge in [-0.2, -0.15) is 0 Å². The number of rotatable bonds is 6. The molecule has 0 radical (unpaired) electrons. The first-order chi connectivity index (χ1) is 13.4. The second-order valence-electron chi connectivity index (χ2n) is 7.51. The number of thiophene rings is 1. The van der Waals surface area contributed by atoms with Crippen LogP contribution >= 0.6 is 11.3 Å². The van der Waals surface area contributed by atoms with Crippen LogP contribution < -0.4 is 5.32 Å². The molecule has 1 N–H and O–H groups in total. The van der Waals surface area contributed by atoms with Gasteiger partial charge in [0.15, 0.2) is 9.84 Å². The Balaban J connectivity index is 1.80. The van der Waals surface area contributed by atoms with Gasteiger partial charge in [0.25, 0.3) is 0 Å². The Kier molecular flexibility index (Phi) is 6.78. The molecule has 0 spiro atoms. The fourth-order valence-electron chi connectivity index (χ4n) is 3.43. The van der Waals surface area contributed by atoms with Crippen LogP contribution in [0.5, 0.6) is 0 Å². The Morgan fingerprint density at radius 1 is 1.11 bits per heavy atom. The van der Waals surface area contributed by atoms with Crippen molar-refractivity contribution in [2.24, 2.45) is 0 Å². The van der Waals surface area contributed by atoms with Crippen LogP contribution in [0, 0.1) is 0 Å². The molecule has 0 saturated carbocycles. The summed E-state index contributed by atoms with van der Waals surface area (Å²) in [4.78, 5) is 15.3. The molecule has 2 amide bonds. The van der Waals surface area contributed by atoms with Gasteiger partial charge in [-0.3, -0.25) is 0 Å². The molecule has 28 heavy (non-hydrogen) atoms. The summed E-state index contributed by atoms with van der Waals surface area (Å²) in [6.07, 6.45) is 3.15. The molecule has 1 aromatic heterocycles. The first-order valence-electron chi connectivity index (χ1n) is 9.79. The third kappa shape index (κ3) is 4.75. The lowest BCUT2D eigenvalue weighted by Gasteiger charge is -2.27. The molecule has 1 fully saturated rings. The lowest BCUT2D eigenvalue weighted by molar-refractivity contribution is 0.186. The van der Waals surface area contributed by atoms with Crippen molar-refractivity contribution in [1.82, 2.24) is 10.2 Å². The minimum Gasteiger partial charge on any atom is -0.336 e. The van der Waals surface area contributed by atoms with Crippen LogP contribution in [-0.2, 0) is 9.84 Å². The summed E-state index contributed by atoms with van der Waals surface area (Å²) in [7, 11) is -3.62. The fraction of sp³-hybridized carbons (Fsp3) is 0.476. The number of sulfone groups is 1. The van der Waals surface area contributed by atoms with Crippen molar-refractivity contribution in [2.75, 3.05) is 19.6 Å². The highest BCUT2D eigenvalue weighted by atomic mass is 32.2. The molecule has 2 aromatic rings. The first kappa shape index (κ1) is 20.9. The van der Waals surface area contributed by atoms with Crippen LogP contribution in [0.1, 0.15) is 54.7 Å². The predicted molar refractivity (Wildman–Crippen MR) is 114 cm³/mol. The second kappa shape index (κ2) is 9.09. The van der Waals surface area contributed by atoms with Crippen molar-refractivity contribution >= 4 is 27.2 Å². The van der Waals surface area contributed by atoms with E-state index >= 15 is 0 Å². The molecule has 3 rings (SSSR count). The van der Waals surface area contributed by atoms with Gasteiger partial charge in [-0.25, -0.2) is 13.2 Å². The maximum Gasteiger partial charge on any atom is 0.317 e. The maximum atomic E-state index is 13.3. The third-order valence-corrected chi connectivity index (χ3v) is 8.43. The van der Waals surface area contributed by atoms with Gasteiger partial charge < -0.3 is 10.2 Å². The van der Waals surface area contributed by atoms with E-state index in [1.54, 1.807) is 17.0 Å². The fourth-order valence-corrected chi connectivity index (χ4v) is 6.22. The minimum atomic E-state index is -3.62. The molecule has 2 heterocycles. The molecule has 0 bridgehead atoms. The molecule has 0 unspecified atom stereocenters. The van der Waals surface area contributed by atoms with Gasteiger partial charge in [0.2, 0.25) is 0 Å². The molecule has 1 aromatic carbocycles. The molecular formula is C21H28N2O3S2. The number of nitrogens with zero attached hydrogens (tertiary/aromatic N) is 1. The van der Waals surface area contributed by atoms with E-state index in [1.807, 2.05) is 29.6 Å². The molecule has 152 valence electrons. The van der Waals surface area contributed by atoms with E-state index in [0.29, 0.717) is 10.8 Å². The van der Waals surface area contributed by atoms with Crippen LogP contribution in [0.25, 0.3) is 0 Å². The Morgan fingerprint density at radius 2 is 1.79 bits per heavy atom. The van der Waals surface area contributed by atoms with Gasteiger partial charge in [0, 0.05) is 24.5 Å². The maximum absolute atomic E-state index is 13.3. The Morgan fingerprint density at radius 3 is 2.36 bits per heavy atom. The van der Waals surface area contributed by atoms with Gasteiger partial charge in [0.1, 0.15) is 5.25 Å². The average Bonchev–Trinajstić information content (AvgIpc) is 3.23. The van der Waals surface area contributed by atoms with E-state index in [1.165, 1.54) is 11.3 Å². The zero-order valence-electron chi connectivity index (χ0n) is 16.4. The van der Waals surface area contributed by atoms with Gasteiger partial charge in [-0.05, 0) is 54.3 Å². The average molecular weight is 421 g/mol. The zero-order chi connectivity index (χ0) is 20.1. The minimum absolute atomic E-state index is 0.0735. The predicted octanol–water partition coefficient (Wildman–Crippen LogP) is 4.58. The highest BCUT2D eigenvalue weighted by molar-refractivity contribution is 7.91. The highest BCUT2D eigenvalue weighted by Gasteiger charge is 2.31. The number of likely N-dealkylation sites (tertiary alicyclic amines) is 1. The van der Waals surface area contributed by atoms with Gasteiger partial charge >= 0.3 is 6.03 Å². The van der Waals surface area contributed by atoms with Crippen molar-refractivity contribution in [2.45, 2.75) is 49.2 Å². The first-order valence-corrected chi connectivity index (χ1v) is 12.2. The van der Waals surface area contributed by atoms with Gasteiger partial charge in [-0.15, -0.1) is 11.3 Å². The molecule has 0 aliphatic carbocycles. The summed E-state index contributed by atoms with van der Waals surface area (Å²) in [5, 5.41) is 3.94. The zero-order valence-corrected chi connectivity index (χ0v) is 18.1. The van der Waals surface area contributed by atoms with E-state index in [0.717, 1.165) is 42.8 Å². The number of benzene rings is 1. The standard InChI is InChI=1S/C21H28N2O3S2/c1-16(2)17-8-10-18(11-9-17)28(25,26)20(19-7-6-14-27-19)15-22-21(24)23-12-4-3-5-13-23/h6-11,14,16,20H,3-5,12-13,15H2,1-2H3,(H,22,24)/t20-/m1/s1. The second-order valence-corrected chi connectivity index (χ2v) is 10.6. The van der Waals surface area contributed by atoms with Crippen molar-refractivity contribution in [1.29, 1.82) is 0 Å². The Bertz CT molecular complexity index is 869.